The van der Waals surface area contributed by atoms with E-state index in [4.69, 9.17) is 9.47 Å². The van der Waals surface area contributed by atoms with Crippen LogP contribution in [0.4, 0.5) is 0 Å². The first kappa shape index (κ1) is 28.2. The molecule has 2 amide bonds. The van der Waals surface area contributed by atoms with Gasteiger partial charge in [-0.3, -0.25) is 19.2 Å². The highest BCUT2D eigenvalue weighted by Gasteiger charge is 2.23. The second kappa shape index (κ2) is 14.2. The van der Waals surface area contributed by atoms with Gasteiger partial charge in [0.05, 0.1) is 32.8 Å². The fourth-order valence-corrected chi connectivity index (χ4v) is 2.19. The summed E-state index contributed by atoms with van der Waals surface area (Å²) in [7, 11) is 0. The Balaban J connectivity index is 3.52. The van der Waals surface area contributed by atoms with E-state index >= 15 is 0 Å². The van der Waals surface area contributed by atoms with Gasteiger partial charge >= 0.3 is 0 Å². The molecule has 8 heteroatoms. The lowest BCUT2D eigenvalue weighted by Gasteiger charge is -2.16. The van der Waals surface area contributed by atoms with Crippen LogP contribution in [-0.2, 0) is 28.7 Å². The zero-order valence-electron chi connectivity index (χ0n) is 19.5. The summed E-state index contributed by atoms with van der Waals surface area (Å²) in [5.74, 6) is -0.318. The van der Waals surface area contributed by atoms with Crippen LogP contribution in [0.1, 0.15) is 67.2 Å². The minimum atomic E-state index is -0.518. The maximum absolute atomic E-state index is 11.8. The van der Waals surface area contributed by atoms with Crippen molar-refractivity contribution >= 4 is 23.4 Å². The summed E-state index contributed by atoms with van der Waals surface area (Å²) in [5, 5.41) is 5.40. The van der Waals surface area contributed by atoms with E-state index in [0.29, 0.717) is 58.8 Å². The number of Topliss-reactive ketones (excluding diaryl/α,β-unsaturated/α-hetero) is 2. The molecule has 0 bridgehead atoms. The van der Waals surface area contributed by atoms with Crippen LogP contribution in [0.5, 0.6) is 0 Å². The zero-order chi connectivity index (χ0) is 23.2. The van der Waals surface area contributed by atoms with Crippen LogP contribution in [0.25, 0.3) is 0 Å². The van der Waals surface area contributed by atoms with Crippen LogP contribution in [-0.4, -0.2) is 62.9 Å². The van der Waals surface area contributed by atoms with Gasteiger partial charge in [0.2, 0.25) is 11.8 Å². The van der Waals surface area contributed by atoms with Crippen molar-refractivity contribution in [2.75, 3.05) is 39.5 Å². The Morgan fingerprint density at radius 2 is 1.10 bits per heavy atom. The van der Waals surface area contributed by atoms with Gasteiger partial charge in [-0.25, -0.2) is 0 Å². The largest absolute Gasteiger partial charge is 0.377 e. The smallest absolute Gasteiger partial charge is 0.227 e. The minimum absolute atomic E-state index is 0.0859. The van der Waals surface area contributed by atoms with Gasteiger partial charge in [-0.1, -0.05) is 41.5 Å². The van der Waals surface area contributed by atoms with Crippen LogP contribution in [0.3, 0.4) is 0 Å². The summed E-state index contributed by atoms with van der Waals surface area (Å²) >= 11 is 0. The Morgan fingerprint density at radius 1 is 0.633 bits per heavy atom. The van der Waals surface area contributed by atoms with Crippen molar-refractivity contribution in [3.63, 3.8) is 0 Å². The number of hydrogen-bond donors (Lipinski definition) is 2. The minimum Gasteiger partial charge on any atom is -0.377 e. The van der Waals surface area contributed by atoms with Crippen LogP contribution in [0.2, 0.25) is 0 Å². The lowest BCUT2D eigenvalue weighted by molar-refractivity contribution is -0.133. The molecule has 0 rings (SSSR count). The average molecular weight is 429 g/mol. The average Bonchev–Trinajstić information content (AvgIpc) is 2.61. The molecule has 2 N–H and O–H groups in total. The summed E-state index contributed by atoms with van der Waals surface area (Å²) in [6.45, 7) is 13.2. The highest BCUT2D eigenvalue weighted by Crippen LogP contribution is 2.18. The third-order valence-corrected chi connectivity index (χ3v) is 4.31. The van der Waals surface area contributed by atoms with Crippen molar-refractivity contribution < 1.29 is 28.7 Å². The molecule has 0 saturated heterocycles. The number of ether oxygens (including phenoxy) is 2. The van der Waals surface area contributed by atoms with Gasteiger partial charge in [-0.2, -0.15) is 0 Å². The first-order chi connectivity index (χ1) is 13.8. The fourth-order valence-electron chi connectivity index (χ4n) is 2.19. The molecule has 0 aromatic rings. The molecular formula is C22H40N2O6. The fraction of sp³-hybridized carbons (Fsp3) is 0.818. The van der Waals surface area contributed by atoms with Crippen molar-refractivity contribution in [3.8, 4) is 0 Å². The van der Waals surface area contributed by atoms with Crippen molar-refractivity contribution in [1.29, 1.82) is 0 Å². The molecule has 0 heterocycles. The molecule has 0 radical (unpaired) electrons. The highest BCUT2D eigenvalue weighted by atomic mass is 16.5. The quantitative estimate of drug-likeness (QED) is 0.305. The van der Waals surface area contributed by atoms with Crippen molar-refractivity contribution in [3.05, 3.63) is 0 Å². The molecule has 30 heavy (non-hydrogen) atoms. The predicted octanol–water partition coefficient (Wildman–Crippen LogP) is 2.04. The molecule has 0 spiro atoms. The second-order valence-electron chi connectivity index (χ2n) is 9.30. The number of ketones is 2. The van der Waals surface area contributed by atoms with Gasteiger partial charge in [-0.05, 0) is 6.42 Å². The molecular weight excluding hydrogens is 388 g/mol. The van der Waals surface area contributed by atoms with E-state index < -0.39 is 5.41 Å². The molecule has 0 aromatic carbocycles. The second-order valence-corrected chi connectivity index (χ2v) is 9.30. The molecule has 0 unspecified atom stereocenters. The monoisotopic (exact) mass is 428 g/mol. The third-order valence-electron chi connectivity index (χ3n) is 4.31. The van der Waals surface area contributed by atoms with E-state index in [9.17, 15) is 19.2 Å². The normalized spacial score (nSPS) is 11.8. The maximum Gasteiger partial charge on any atom is 0.227 e. The lowest BCUT2D eigenvalue weighted by atomic mass is 9.88. The maximum atomic E-state index is 11.8. The van der Waals surface area contributed by atoms with Gasteiger partial charge in [0, 0.05) is 36.8 Å². The first-order valence-electron chi connectivity index (χ1n) is 10.6. The summed E-state index contributed by atoms with van der Waals surface area (Å²) in [6, 6.07) is 0. The van der Waals surface area contributed by atoms with Gasteiger partial charge in [0.25, 0.3) is 0 Å². The van der Waals surface area contributed by atoms with E-state index in [1.54, 1.807) is 20.8 Å². The van der Waals surface area contributed by atoms with E-state index in [-0.39, 0.29) is 35.2 Å². The third kappa shape index (κ3) is 15.1. The Labute approximate surface area is 180 Å². The summed E-state index contributed by atoms with van der Waals surface area (Å²) < 4.78 is 10.7. The molecule has 0 atom stereocenters. The summed E-state index contributed by atoms with van der Waals surface area (Å²) in [4.78, 5) is 46.9. The molecule has 0 aliphatic carbocycles. The summed E-state index contributed by atoms with van der Waals surface area (Å²) in [5.41, 5.74) is -0.876. The van der Waals surface area contributed by atoms with Crippen molar-refractivity contribution in [1.82, 2.24) is 10.6 Å². The molecule has 8 nitrogen and oxygen atoms in total. The van der Waals surface area contributed by atoms with Crippen molar-refractivity contribution in [2.45, 2.75) is 67.2 Å². The molecule has 0 aliphatic rings. The van der Waals surface area contributed by atoms with Crippen LogP contribution in [0.15, 0.2) is 0 Å². The van der Waals surface area contributed by atoms with Crippen LogP contribution in [0, 0.1) is 10.8 Å². The van der Waals surface area contributed by atoms with E-state index in [0.717, 1.165) is 0 Å². The number of hydrogen-bond acceptors (Lipinski definition) is 6. The molecule has 0 aromatic heterocycles. The topological polar surface area (TPSA) is 111 Å². The molecule has 174 valence electrons. The Kier molecular flexibility index (Phi) is 13.4. The molecule has 0 saturated carbocycles. The standard InChI is InChI=1S/C22H40N2O6/c1-21(2,3)17(25)8-7-9-19(27)23-10-12-29-14-15-30-13-11-24-20(28)16-18(26)22(4,5)6/h7-16H2,1-6H3,(H,23,27)(H,24,28). The van der Waals surface area contributed by atoms with E-state index in [2.05, 4.69) is 10.6 Å². The lowest BCUT2D eigenvalue weighted by Crippen LogP contribution is -2.32. The van der Waals surface area contributed by atoms with E-state index in [1.165, 1.54) is 0 Å². The predicted molar refractivity (Wildman–Crippen MR) is 115 cm³/mol. The van der Waals surface area contributed by atoms with Gasteiger partial charge in [0.15, 0.2) is 0 Å². The van der Waals surface area contributed by atoms with Gasteiger partial charge in [-0.15, -0.1) is 0 Å². The van der Waals surface area contributed by atoms with Crippen LogP contribution < -0.4 is 10.6 Å². The number of amides is 2. The number of carbonyl (C=O) groups is 4. The Bertz CT molecular complexity index is 561. The number of rotatable bonds is 15. The first-order valence-corrected chi connectivity index (χ1v) is 10.6. The van der Waals surface area contributed by atoms with E-state index in [1.807, 2.05) is 20.8 Å². The number of nitrogens with one attached hydrogen (secondary N) is 2. The molecule has 0 aliphatic heterocycles. The van der Waals surface area contributed by atoms with Gasteiger partial charge < -0.3 is 20.1 Å². The zero-order valence-corrected chi connectivity index (χ0v) is 19.5. The highest BCUT2D eigenvalue weighted by molar-refractivity contribution is 6.00. The number of carbonyl (C=O) groups excluding carboxylic acids is 4. The van der Waals surface area contributed by atoms with Gasteiger partial charge in [0.1, 0.15) is 11.6 Å². The Morgan fingerprint density at radius 3 is 1.57 bits per heavy atom. The van der Waals surface area contributed by atoms with Crippen LogP contribution >= 0.6 is 0 Å². The summed E-state index contributed by atoms with van der Waals surface area (Å²) in [6.07, 6.45) is 1.18. The SMILES string of the molecule is CC(C)(C)C(=O)CCCC(=O)NCCOCCOCCNC(=O)CC(=O)C(C)(C)C. The Hall–Kier alpha value is -1.80. The molecule has 0 fully saturated rings. The van der Waals surface area contributed by atoms with Crippen molar-refractivity contribution in [2.24, 2.45) is 10.8 Å².